The summed E-state index contributed by atoms with van der Waals surface area (Å²) in [4.78, 5) is 38.8. The van der Waals surface area contributed by atoms with E-state index in [2.05, 4.69) is 29.1 Å². The summed E-state index contributed by atoms with van der Waals surface area (Å²) in [5.74, 6) is -2.50. The molecule has 0 radical (unpaired) electrons. The minimum Gasteiger partial charge on any atom is -0.383 e. The number of aromatic nitrogens is 3. The summed E-state index contributed by atoms with van der Waals surface area (Å²) in [7, 11) is 0. The molecular weight excluding hydrogens is 480 g/mol. The molecule has 2 aromatic heterocycles. The van der Waals surface area contributed by atoms with Crippen LogP contribution in [0.4, 0.5) is 5.69 Å². The molecule has 3 N–H and O–H groups in total. The Hall–Kier alpha value is -3.25. The van der Waals surface area contributed by atoms with Crippen LogP contribution in [0.15, 0.2) is 18.3 Å². The predicted molar refractivity (Wildman–Crippen MR) is 142 cm³/mol. The van der Waals surface area contributed by atoms with E-state index in [4.69, 9.17) is 14.4 Å². The zero-order valence-electron chi connectivity index (χ0n) is 26.6. The first kappa shape index (κ1) is 21.7. The monoisotopic (exact) mass is 522 g/mol. The molecule has 6 unspecified atom stereocenters. The van der Waals surface area contributed by atoms with Gasteiger partial charge >= 0.3 is 0 Å². The van der Waals surface area contributed by atoms with Gasteiger partial charge in [0.1, 0.15) is 17.4 Å². The molecule has 4 heterocycles. The lowest BCUT2D eigenvalue weighted by molar-refractivity contribution is -0.158. The van der Waals surface area contributed by atoms with Crippen LogP contribution in [0.2, 0.25) is 0 Å². The lowest BCUT2D eigenvalue weighted by Gasteiger charge is -2.54. The fourth-order valence-corrected chi connectivity index (χ4v) is 6.55. The zero-order chi connectivity index (χ0) is 31.0. The van der Waals surface area contributed by atoms with E-state index in [1.165, 1.54) is 13.1 Å². The SMILES string of the molecule is [2H]C1CC(C)(C)CCC1([2H])c1nc(C2(O)CC3(C)C([2H])C([2H])C(C)(C2)N3C(C)=O)ccc1NC(=O)c1ncc(C#N)[nH]1. The minimum absolute atomic E-state index is 0.0253. The highest BCUT2D eigenvalue weighted by Gasteiger charge is 2.61. The average molecular weight is 523 g/mol. The van der Waals surface area contributed by atoms with Crippen LogP contribution in [0.5, 0.6) is 0 Å². The second kappa shape index (κ2) is 8.91. The number of H-pyrrole nitrogens is 1. The number of carbonyl (C=O) groups is 2. The van der Waals surface area contributed by atoms with Gasteiger partial charge in [0, 0.05) is 42.2 Å². The Morgan fingerprint density at radius 1 is 1.24 bits per heavy atom. The summed E-state index contributed by atoms with van der Waals surface area (Å²) in [6.45, 7) is 8.99. The molecule has 0 aromatic carbocycles. The number of carbonyl (C=O) groups excluding carboxylic acids is 2. The average Bonchev–Trinajstić information content (AvgIpc) is 3.42. The topological polar surface area (TPSA) is 135 Å². The first-order chi connectivity index (χ1) is 19.4. The third kappa shape index (κ3) is 4.49. The van der Waals surface area contributed by atoms with Gasteiger partial charge in [-0.2, -0.15) is 5.26 Å². The molecule has 5 rings (SSSR count). The standard InChI is InChI=1S/C29H38N6O3/c1-18(36)35-27(4)12-13-28(35,5)17-29(38,16-27)22-7-6-21(33-25(37)24-31-15-20(14-30)32-24)23(34-22)19-8-10-26(2,3)11-9-19/h6-7,15,19,38H,8-13,16-17H2,1-5H3,(H,31,32)(H,33,37)/i8D,12D,13D,19D. The summed E-state index contributed by atoms with van der Waals surface area (Å²) in [6, 6.07) is 5.01. The number of rotatable bonds is 4. The molecule has 3 fully saturated rings. The van der Waals surface area contributed by atoms with E-state index < -0.39 is 47.7 Å². The van der Waals surface area contributed by atoms with Crippen molar-refractivity contribution in [2.45, 2.75) is 108 Å². The third-order valence-corrected chi connectivity index (χ3v) is 8.25. The van der Waals surface area contributed by atoms with E-state index in [1.807, 2.05) is 6.07 Å². The van der Waals surface area contributed by atoms with Crippen molar-refractivity contribution < 1.29 is 20.2 Å². The molecule has 2 saturated heterocycles. The normalized spacial score (nSPS) is 41.3. The second-order valence-corrected chi connectivity index (χ2v) is 12.2. The van der Waals surface area contributed by atoms with Crippen LogP contribution in [-0.2, 0) is 10.4 Å². The number of aliphatic hydroxyl groups is 1. The molecule has 3 aliphatic rings. The Kier molecular flexibility index (Phi) is 5.08. The molecule has 202 valence electrons. The number of imidazole rings is 1. The molecule has 2 bridgehead atoms. The van der Waals surface area contributed by atoms with E-state index in [1.54, 1.807) is 30.9 Å². The van der Waals surface area contributed by atoms with Crippen molar-refractivity contribution in [3.8, 4) is 6.07 Å². The maximum atomic E-state index is 13.1. The Morgan fingerprint density at radius 2 is 1.92 bits per heavy atom. The lowest BCUT2D eigenvalue weighted by Crippen LogP contribution is -2.62. The van der Waals surface area contributed by atoms with Crippen molar-refractivity contribution in [3.05, 3.63) is 41.2 Å². The first-order valence-electron chi connectivity index (χ1n) is 15.2. The largest absolute Gasteiger partial charge is 0.383 e. The van der Waals surface area contributed by atoms with Crippen LogP contribution < -0.4 is 5.32 Å². The van der Waals surface area contributed by atoms with Crippen molar-refractivity contribution in [2.75, 3.05) is 5.32 Å². The summed E-state index contributed by atoms with van der Waals surface area (Å²) in [6.07, 6.45) is -0.184. The number of amides is 2. The van der Waals surface area contributed by atoms with Gasteiger partial charge in [-0.1, -0.05) is 13.8 Å². The summed E-state index contributed by atoms with van der Waals surface area (Å²) < 4.78 is 36.1. The minimum atomic E-state index is -1.63. The molecule has 9 heteroatoms. The number of hydrogen-bond donors (Lipinski definition) is 3. The number of nitrogens with zero attached hydrogens (tertiary/aromatic N) is 4. The third-order valence-electron chi connectivity index (χ3n) is 8.25. The number of aromatic amines is 1. The van der Waals surface area contributed by atoms with Crippen molar-refractivity contribution in [2.24, 2.45) is 5.41 Å². The van der Waals surface area contributed by atoms with Crippen LogP contribution in [0.25, 0.3) is 0 Å². The maximum Gasteiger partial charge on any atom is 0.291 e. The van der Waals surface area contributed by atoms with Gasteiger partial charge in [0.2, 0.25) is 5.91 Å². The highest BCUT2D eigenvalue weighted by atomic mass is 16.3. The molecule has 6 atom stereocenters. The Balaban J connectivity index is 1.60. The van der Waals surface area contributed by atoms with Gasteiger partial charge in [-0.05, 0) is 69.8 Å². The molecule has 1 saturated carbocycles. The first-order valence-corrected chi connectivity index (χ1v) is 13.0. The van der Waals surface area contributed by atoms with Crippen molar-refractivity contribution in [3.63, 3.8) is 0 Å². The van der Waals surface area contributed by atoms with Crippen LogP contribution in [-0.4, -0.2) is 47.9 Å². The number of piperidine rings is 1. The van der Waals surface area contributed by atoms with Gasteiger partial charge in [-0.3, -0.25) is 14.6 Å². The maximum absolute atomic E-state index is 13.1. The fourth-order valence-electron chi connectivity index (χ4n) is 6.55. The number of pyridine rings is 1. The zero-order valence-corrected chi connectivity index (χ0v) is 22.6. The molecule has 9 nitrogen and oxygen atoms in total. The Labute approximate surface area is 229 Å². The van der Waals surface area contributed by atoms with Crippen LogP contribution in [0.3, 0.4) is 0 Å². The lowest BCUT2D eigenvalue weighted by atomic mass is 9.71. The van der Waals surface area contributed by atoms with Crippen molar-refractivity contribution in [1.29, 1.82) is 5.26 Å². The van der Waals surface area contributed by atoms with E-state index in [9.17, 15) is 16.1 Å². The van der Waals surface area contributed by atoms with Crippen LogP contribution in [0, 0.1) is 16.7 Å². The fraction of sp³-hybridized carbons (Fsp3) is 0.621. The van der Waals surface area contributed by atoms with Gasteiger partial charge < -0.3 is 20.3 Å². The molecule has 2 amide bonds. The second-order valence-electron chi connectivity index (χ2n) is 12.2. The molecule has 38 heavy (non-hydrogen) atoms. The predicted octanol–water partition coefficient (Wildman–Crippen LogP) is 4.75. The summed E-state index contributed by atoms with van der Waals surface area (Å²) in [5.41, 5.74) is -3.36. The van der Waals surface area contributed by atoms with Crippen molar-refractivity contribution >= 4 is 17.5 Å². The summed E-state index contributed by atoms with van der Waals surface area (Å²) >= 11 is 0. The number of nitriles is 1. The number of fused-ring (bicyclic) bond motifs is 2. The van der Waals surface area contributed by atoms with Gasteiger partial charge in [0.25, 0.3) is 5.91 Å². The van der Waals surface area contributed by atoms with Crippen molar-refractivity contribution in [1.82, 2.24) is 19.9 Å². The molecule has 2 aromatic rings. The van der Waals surface area contributed by atoms with Gasteiger partial charge in [-0.25, -0.2) is 4.98 Å². The van der Waals surface area contributed by atoms with Crippen LogP contribution >= 0.6 is 0 Å². The van der Waals surface area contributed by atoms with E-state index in [0.29, 0.717) is 19.3 Å². The Bertz CT molecular complexity index is 1470. The Morgan fingerprint density at radius 3 is 2.50 bits per heavy atom. The number of anilines is 1. The summed E-state index contributed by atoms with van der Waals surface area (Å²) in [5, 5.41) is 24.1. The molecule has 2 aliphatic heterocycles. The quantitative estimate of drug-likeness (QED) is 0.530. The highest BCUT2D eigenvalue weighted by molar-refractivity contribution is 6.02. The number of nitrogens with one attached hydrogen (secondary N) is 2. The van der Waals surface area contributed by atoms with Gasteiger partial charge in [0.15, 0.2) is 5.82 Å². The van der Waals surface area contributed by atoms with Gasteiger partial charge in [-0.15, -0.1) is 0 Å². The van der Waals surface area contributed by atoms with E-state index in [-0.39, 0.29) is 52.8 Å². The van der Waals surface area contributed by atoms with Gasteiger partial charge in [0.05, 0.1) is 23.3 Å². The molecular formula is C29H38N6O3. The smallest absolute Gasteiger partial charge is 0.291 e. The molecule has 1 aliphatic carbocycles. The van der Waals surface area contributed by atoms with Crippen LogP contribution in [0.1, 0.15) is 125 Å². The molecule has 0 spiro atoms. The van der Waals surface area contributed by atoms with E-state index in [0.717, 1.165) is 0 Å². The number of hydrogen-bond acceptors (Lipinski definition) is 6. The van der Waals surface area contributed by atoms with E-state index >= 15 is 0 Å². The highest BCUT2D eigenvalue weighted by Crippen LogP contribution is 2.56.